The minimum absolute atomic E-state index is 0.193. The normalized spacial score (nSPS) is 12.0. The first kappa shape index (κ1) is 21.7. The molecule has 1 amide bonds. The van der Waals surface area contributed by atoms with Crippen LogP contribution in [0, 0.1) is 21.0 Å². The predicted octanol–water partition coefficient (Wildman–Crippen LogP) is 4.54. The highest BCUT2D eigenvalue weighted by Gasteiger charge is 2.24. The molecule has 3 N–H and O–H groups in total. The second-order valence-electron chi connectivity index (χ2n) is 5.46. The molecule has 0 saturated heterocycles. The summed E-state index contributed by atoms with van der Waals surface area (Å²) in [6.45, 7) is 1.48. The van der Waals surface area contributed by atoms with E-state index in [1.54, 1.807) is 19.1 Å². The van der Waals surface area contributed by atoms with Crippen LogP contribution in [-0.2, 0) is 4.84 Å². The summed E-state index contributed by atoms with van der Waals surface area (Å²) in [5.41, 5.74) is 1.01. The molecule has 0 radical (unpaired) electrons. The maximum atomic E-state index is 14.3. The second-order valence-corrected chi connectivity index (χ2v) is 7.12. The zero-order valence-electron chi connectivity index (χ0n) is 14.0. The number of hydrogen-bond acceptors (Lipinski definition) is 4. The number of carbonyl (C=O) groups is 1. The molecule has 5 nitrogen and oxygen atoms in total. The summed E-state index contributed by atoms with van der Waals surface area (Å²) in [6.07, 6.45) is -0.441. The third-order valence-corrected chi connectivity index (χ3v) is 4.49. The summed E-state index contributed by atoms with van der Waals surface area (Å²) in [7, 11) is 0. The van der Waals surface area contributed by atoms with Crippen molar-refractivity contribution in [1.82, 2.24) is 5.48 Å². The summed E-state index contributed by atoms with van der Waals surface area (Å²) in [4.78, 5) is 17.0. The number of carbonyl (C=O) groups excluding carboxylic acids is 1. The number of halogens is 5. The standard InChI is InChI=1S/C17H15ClF3IN2O3/c1-2-9(25)7-27-24-17(26)10-6-12(19)14(20)15(21)16(10)23-13-4-3-8(22)5-11(13)18/h3-6,9,23,25H,2,7H2,1H3,(H,24,26). The first-order valence-corrected chi connectivity index (χ1v) is 9.20. The van der Waals surface area contributed by atoms with E-state index in [0.29, 0.717) is 12.5 Å². The van der Waals surface area contributed by atoms with Gasteiger partial charge < -0.3 is 10.4 Å². The van der Waals surface area contributed by atoms with Gasteiger partial charge in [-0.1, -0.05) is 18.5 Å². The van der Waals surface area contributed by atoms with Gasteiger partial charge in [-0.05, 0) is 53.3 Å². The maximum absolute atomic E-state index is 14.3. The largest absolute Gasteiger partial charge is 0.391 e. The number of benzene rings is 2. The highest BCUT2D eigenvalue weighted by Crippen LogP contribution is 2.32. The fourth-order valence-electron chi connectivity index (χ4n) is 2.00. The summed E-state index contributed by atoms with van der Waals surface area (Å²) in [5, 5.41) is 12.1. The smallest absolute Gasteiger partial charge is 0.277 e. The van der Waals surface area contributed by atoms with Gasteiger partial charge in [-0.3, -0.25) is 9.63 Å². The van der Waals surface area contributed by atoms with Crippen LogP contribution in [0.1, 0.15) is 23.7 Å². The van der Waals surface area contributed by atoms with Gasteiger partial charge in [0.25, 0.3) is 5.91 Å². The molecule has 146 valence electrons. The second kappa shape index (κ2) is 9.58. The van der Waals surface area contributed by atoms with Gasteiger partial charge in [0, 0.05) is 3.57 Å². The van der Waals surface area contributed by atoms with Crippen molar-refractivity contribution in [3.05, 3.63) is 55.9 Å². The lowest BCUT2D eigenvalue weighted by atomic mass is 10.1. The minimum Gasteiger partial charge on any atom is -0.391 e. The number of anilines is 2. The van der Waals surface area contributed by atoms with Crippen molar-refractivity contribution >= 4 is 51.5 Å². The first-order valence-electron chi connectivity index (χ1n) is 7.74. The van der Waals surface area contributed by atoms with E-state index in [1.165, 1.54) is 6.07 Å². The third kappa shape index (κ3) is 5.47. The van der Waals surface area contributed by atoms with Crippen molar-refractivity contribution in [2.24, 2.45) is 0 Å². The molecule has 0 heterocycles. The molecule has 2 aromatic carbocycles. The van der Waals surface area contributed by atoms with Crippen LogP contribution in [0.25, 0.3) is 0 Å². The maximum Gasteiger partial charge on any atom is 0.277 e. The van der Waals surface area contributed by atoms with E-state index in [9.17, 15) is 23.1 Å². The Balaban J connectivity index is 2.34. The summed E-state index contributed by atoms with van der Waals surface area (Å²) >= 11 is 8.07. The lowest BCUT2D eigenvalue weighted by molar-refractivity contribution is -0.0133. The third-order valence-electron chi connectivity index (χ3n) is 3.51. The van der Waals surface area contributed by atoms with Crippen molar-refractivity contribution in [3.8, 4) is 0 Å². The highest BCUT2D eigenvalue weighted by molar-refractivity contribution is 14.1. The van der Waals surface area contributed by atoms with E-state index < -0.39 is 40.7 Å². The first-order chi connectivity index (χ1) is 12.7. The zero-order chi connectivity index (χ0) is 20.1. The van der Waals surface area contributed by atoms with Crippen molar-refractivity contribution in [2.75, 3.05) is 11.9 Å². The van der Waals surface area contributed by atoms with E-state index in [2.05, 4.69) is 5.32 Å². The van der Waals surface area contributed by atoms with Gasteiger partial charge in [0.1, 0.15) is 6.61 Å². The number of nitrogens with one attached hydrogen (secondary N) is 2. The van der Waals surface area contributed by atoms with E-state index in [-0.39, 0.29) is 17.3 Å². The fraction of sp³-hybridized carbons (Fsp3) is 0.235. The molecule has 0 spiro atoms. The molecular weight excluding hydrogens is 500 g/mol. The summed E-state index contributed by atoms with van der Waals surface area (Å²) < 4.78 is 42.4. The number of aliphatic hydroxyl groups excluding tert-OH is 1. The molecular formula is C17H15ClF3IN2O3. The zero-order valence-corrected chi connectivity index (χ0v) is 16.9. The van der Waals surface area contributed by atoms with Gasteiger partial charge >= 0.3 is 0 Å². The number of aliphatic hydroxyl groups is 1. The number of amides is 1. The Labute approximate surface area is 171 Å². The molecule has 0 aromatic heterocycles. The molecule has 1 atom stereocenters. The average Bonchev–Trinajstić information content (AvgIpc) is 2.63. The van der Waals surface area contributed by atoms with Gasteiger partial charge in [0.05, 0.1) is 28.1 Å². The molecule has 1 unspecified atom stereocenters. The lowest BCUT2D eigenvalue weighted by Gasteiger charge is -2.16. The molecule has 0 aliphatic rings. The van der Waals surface area contributed by atoms with Crippen molar-refractivity contribution in [3.63, 3.8) is 0 Å². The van der Waals surface area contributed by atoms with Gasteiger partial charge in [-0.15, -0.1) is 0 Å². The van der Waals surface area contributed by atoms with Gasteiger partial charge in [-0.2, -0.15) is 0 Å². The molecule has 0 aliphatic heterocycles. The molecule has 0 bridgehead atoms. The van der Waals surface area contributed by atoms with Crippen LogP contribution in [0.5, 0.6) is 0 Å². The highest BCUT2D eigenvalue weighted by atomic mass is 127. The van der Waals surface area contributed by atoms with E-state index in [4.69, 9.17) is 16.4 Å². The lowest BCUT2D eigenvalue weighted by Crippen LogP contribution is -2.29. The van der Waals surface area contributed by atoms with Crippen LogP contribution in [0.4, 0.5) is 24.5 Å². The Kier molecular flexibility index (Phi) is 7.71. The number of hydroxylamine groups is 1. The summed E-state index contributed by atoms with van der Waals surface area (Å²) in [5.74, 6) is -5.88. The Morgan fingerprint density at radius 2 is 2.00 bits per heavy atom. The molecule has 2 rings (SSSR count). The van der Waals surface area contributed by atoms with Crippen molar-refractivity contribution < 1.29 is 27.9 Å². The van der Waals surface area contributed by atoms with Crippen molar-refractivity contribution in [1.29, 1.82) is 0 Å². The SMILES string of the molecule is CCC(O)CONC(=O)c1cc(F)c(F)c(F)c1Nc1ccc(I)cc1Cl. The van der Waals surface area contributed by atoms with Crippen LogP contribution in [-0.4, -0.2) is 23.7 Å². The Bertz CT molecular complexity index is 855. The summed E-state index contributed by atoms with van der Waals surface area (Å²) in [6, 6.07) is 5.26. The van der Waals surface area contributed by atoms with E-state index in [0.717, 1.165) is 3.57 Å². The quantitative estimate of drug-likeness (QED) is 0.288. The molecule has 0 aliphatic carbocycles. The van der Waals surface area contributed by atoms with Crippen LogP contribution in [0.15, 0.2) is 24.3 Å². The van der Waals surface area contributed by atoms with E-state index in [1.807, 2.05) is 28.1 Å². The van der Waals surface area contributed by atoms with Crippen LogP contribution >= 0.6 is 34.2 Å². The predicted molar refractivity (Wildman–Crippen MR) is 103 cm³/mol. The Hall–Kier alpha value is -1.56. The Morgan fingerprint density at radius 3 is 2.63 bits per heavy atom. The Morgan fingerprint density at radius 1 is 1.30 bits per heavy atom. The molecule has 27 heavy (non-hydrogen) atoms. The molecule has 2 aromatic rings. The van der Waals surface area contributed by atoms with E-state index >= 15 is 0 Å². The van der Waals surface area contributed by atoms with Crippen LogP contribution in [0.3, 0.4) is 0 Å². The van der Waals surface area contributed by atoms with Crippen molar-refractivity contribution in [2.45, 2.75) is 19.4 Å². The average molecular weight is 515 g/mol. The number of rotatable bonds is 7. The number of hydrogen-bond donors (Lipinski definition) is 3. The van der Waals surface area contributed by atoms with Gasteiger partial charge in [-0.25, -0.2) is 18.7 Å². The van der Waals surface area contributed by atoms with Crippen LogP contribution < -0.4 is 10.8 Å². The van der Waals surface area contributed by atoms with Gasteiger partial charge in [0.15, 0.2) is 17.5 Å². The topological polar surface area (TPSA) is 70.6 Å². The minimum atomic E-state index is -1.74. The fourth-order valence-corrected chi connectivity index (χ4v) is 2.90. The van der Waals surface area contributed by atoms with Crippen LogP contribution in [0.2, 0.25) is 5.02 Å². The molecule has 10 heteroatoms. The molecule has 0 saturated carbocycles. The monoisotopic (exact) mass is 514 g/mol. The molecule has 0 fully saturated rings. The van der Waals surface area contributed by atoms with Gasteiger partial charge in [0.2, 0.25) is 0 Å².